The normalized spacial score (nSPS) is 23.6. The Hall–Kier alpha value is -2.26. The van der Waals surface area contributed by atoms with E-state index in [1.54, 1.807) is 11.8 Å². The Labute approximate surface area is 153 Å². The van der Waals surface area contributed by atoms with Gasteiger partial charge in [-0.1, -0.05) is 42.0 Å². The molecular weight excluding hydrogens is 332 g/mol. The largest absolute Gasteiger partial charge is 0.378 e. The van der Waals surface area contributed by atoms with Crippen molar-refractivity contribution in [2.75, 3.05) is 17.3 Å². The number of carbonyl (C=O) groups is 1. The number of hydrogen-bond donors (Lipinski definition) is 1. The smallest absolute Gasteiger partial charge is 0.223 e. The molecule has 1 aliphatic heterocycles. The quantitative estimate of drug-likeness (QED) is 0.758. The van der Waals surface area contributed by atoms with E-state index < -0.39 is 0 Å². The summed E-state index contributed by atoms with van der Waals surface area (Å²) < 4.78 is 0. The number of carbonyl (C=O) groups excluding carboxylic acids is 1. The summed E-state index contributed by atoms with van der Waals surface area (Å²) in [6, 6.07) is 14.5. The molecule has 128 valence electrons. The Morgan fingerprint density at radius 3 is 2.76 bits per heavy atom. The lowest BCUT2D eigenvalue weighted by Crippen LogP contribution is -2.30. The van der Waals surface area contributed by atoms with Crippen LogP contribution >= 0.6 is 11.6 Å². The van der Waals surface area contributed by atoms with Crippen LogP contribution in [0.2, 0.25) is 5.02 Å². The van der Waals surface area contributed by atoms with Crippen LogP contribution in [0.1, 0.15) is 36.4 Å². The zero-order valence-corrected chi connectivity index (χ0v) is 15.1. The molecule has 3 unspecified atom stereocenters. The molecule has 0 saturated carbocycles. The SMILES string of the molecule is CC(=O)N(C)c1ccc2c(c1)C1C=CCC1C(c1ccccc1Cl)N2. The zero-order valence-electron chi connectivity index (χ0n) is 14.4. The van der Waals surface area contributed by atoms with E-state index >= 15 is 0 Å². The summed E-state index contributed by atoms with van der Waals surface area (Å²) in [6.07, 6.45) is 5.59. The number of fused-ring (bicyclic) bond motifs is 3. The predicted octanol–water partition coefficient (Wildman–Crippen LogP) is 5.15. The molecule has 3 atom stereocenters. The summed E-state index contributed by atoms with van der Waals surface area (Å²) in [5.74, 6) is 0.819. The van der Waals surface area contributed by atoms with E-state index in [-0.39, 0.29) is 11.9 Å². The number of rotatable bonds is 2. The maximum Gasteiger partial charge on any atom is 0.223 e. The van der Waals surface area contributed by atoms with Crippen molar-refractivity contribution in [3.8, 4) is 0 Å². The molecule has 0 fully saturated rings. The number of hydrogen-bond acceptors (Lipinski definition) is 2. The monoisotopic (exact) mass is 352 g/mol. The van der Waals surface area contributed by atoms with E-state index in [1.807, 2.05) is 31.3 Å². The Kier molecular flexibility index (Phi) is 4.04. The first-order valence-corrected chi connectivity index (χ1v) is 9.00. The number of halogens is 1. The molecule has 2 aromatic carbocycles. The van der Waals surface area contributed by atoms with Crippen LogP contribution in [-0.4, -0.2) is 13.0 Å². The molecule has 0 spiro atoms. The van der Waals surface area contributed by atoms with Gasteiger partial charge in [0.15, 0.2) is 0 Å². The van der Waals surface area contributed by atoms with Crippen molar-refractivity contribution < 1.29 is 4.79 Å². The van der Waals surface area contributed by atoms with Crippen molar-refractivity contribution in [3.05, 3.63) is 70.8 Å². The van der Waals surface area contributed by atoms with E-state index in [4.69, 9.17) is 11.6 Å². The lowest BCUT2D eigenvalue weighted by molar-refractivity contribution is -0.116. The van der Waals surface area contributed by atoms with E-state index in [9.17, 15) is 4.79 Å². The standard InChI is InChI=1S/C21H21ClN2O/c1-13(25)24(2)14-10-11-20-18(12-14)15-7-5-8-16(15)21(23-20)17-6-3-4-9-19(17)22/h3-7,9-12,15-16,21,23H,8H2,1-2H3. The number of allylic oxidation sites excluding steroid dienone is 2. The first-order chi connectivity index (χ1) is 12.1. The second-order valence-electron chi connectivity index (χ2n) is 6.85. The summed E-state index contributed by atoms with van der Waals surface area (Å²) in [6.45, 7) is 1.59. The third kappa shape index (κ3) is 2.73. The van der Waals surface area contributed by atoms with Gasteiger partial charge in [0, 0.05) is 36.3 Å². The van der Waals surface area contributed by atoms with Gasteiger partial charge in [-0.3, -0.25) is 4.79 Å². The highest BCUT2D eigenvalue weighted by Crippen LogP contribution is 2.51. The molecule has 4 heteroatoms. The van der Waals surface area contributed by atoms with Gasteiger partial charge in [-0.15, -0.1) is 0 Å². The van der Waals surface area contributed by atoms with Crippen molar-refractivity contribution in [2.45, 2.75) is 25.3 Å². The number of amides is 1. The molecule has 1 aliphatic carbocycles. The van der Waals surface area contributed by atoms with Crippen molar-refractivity contribution in [1.29, 1.82) is 0 Å². The van der Waals surface area contributed by atoms with Crippen LogP contribution in [-0.2, 0) is 4.79 Å². The van der Waals surface area contributed by atoms with Gasteiger partial charge < -0.3 is 10.2 Å². The first kappa shape index (κ1) is 16.2. The summed E-state index contributed by atoms with van der Waals surface area (Å²) in [4.78, 5) is 13.4. The van der Waals surface area contributed by atoms with Crippen LogP contribution < -0.4 is 10.2 Å². The summed E-state index contributed by atoms with van der Waals surface area (Å²) in [7, 11) is 1.81. The van der Waals surface area contributed by atoms with Crippen LogP contribution in [0.3, 0.4) is 0 Å². The molecule has 1 amide bonds. The molecule has 3 nitrogen and oxygen atoms in total. The molecule has 2 aliphatic rings. The Morgan fingerprint density at radius 1 is 1.20 bits per heavy atom. The fourth-order valence-electron chi connectivity index (χ4n) is 4.01. The van der Waals surface area contributed by atoms with Crippen LogP contribution in [0.4, 0.5) is 11.4 Å². The van der Waals surface area contributed by atoms with Crippen molar-refractivity contribution in [2.24, 2.45) is 5.92 Å². The van der Waals surface area contributed by atoms with Gasteiger partial charge >= 0.3 is 0 Å². The molecule has 0 saturated heterocycles. The highest BCUT2D eigenvalue weighted by molar-refractivity contribution is 6.31. The maximum atomic E-state index is 11.7. The lowest BCUT2D eigenvalue weighted by Gasteiger charge is -2.38. The second kappa shape index (κ2) is 6.23. The average Bonchev–Trinajstić information content (AvgIpc) is 3.10. The van der Waals surface area contributed by atoms with E-state index in [0.29, 0.717) is 11.8 Å². The molecule has 1 N–H and O–H groups in total. The Morgan fingerprint density at radius 2 is 2.00 bits per heavy atom. The molecule has 0 aromatic heterocycles. The van der Waals surface area contributed by atoms with Gasteiger partial charge in [-0.05, 0) is 47.7 Å². The highest BCUT2D eigenvalue weighted by Gasteiger charge is 2.38. The highest BCUT2D eigenvalue weighted by atomic mass is 35.5. The molecule has 0 bridgehead atoms. The molecule has 2 aromatic rings. The minimum absolute atomic E-state index is 0.0381. The lowest BCUT2D eigenvalue weighted by atomic mass is 9.77. The van der Waals surface area contributed by atoms with Gasteiger partial charge in [0.05, 0.1) is 6.04 Å². The Balaban J connectivity index is 1.76. The fourth-order valence-corrected chi connectivity index (χ4v) is 4.26. The number of benzene rings is 2. The topological polar surface area (TPSA) is 32.3 Å². The van der Waals surface area contributed by atoms with E-state index in [0.717, 1.165) is 28.4 Å². The van der Waals surface area contributed by atoms with E-state index in [1.165, 1.54) is 5.56 Å². The summed E-state index contributed by atoms with van der Waals surface area (Å²) >= 11 is 6.47. The summed E-state index contributed by atoms with van der Waals surface area (Å²) in [5, 5.41) is 4.50. The van der Waals surface area contributed by atoms with Crippen LogP contribution in [0.15, 0.2) is 54.6 Å². The zero-order chi connectivity index (χ0) is 17.6. The maximum absolute atomic E-state index is 11.7. The van der Waals surface area contributed by atoms with Gasteiger partial charge in [0.1, 0.15) is 0 Å². The number of nitrogens with one attached hydrogen (secondary N) is 1. The van der Waals surface area contributed by atoms with Crippen molar-refractivity contribution in [3.63, 3.8) is 0 Å². The van der Waals surface area contributed by atoms with Crippen LogP contribution in [0, 0.1) is 5.92 Å². The van der Waals surface area contributed by atoms with Crippen molar-refractivity contribution in [1.82, 2.24) is 0 Å². The van der Waals surface area contributed by atoms with Gasteiger partial charge in [0.25, 0.3) is 0 Å². The third-order valence-corrected chi connectivity index (χ3v) is 5.79. The fraction of sp³-hybridized carbons (Fsp3) is 0.286. The summed E-state index contributed by atoms with van der Waals surface area (Å²) in [5.41, 5.74) is 4.47. The van der Waals surface area contributed by atoms with E-state index in [2.05, 4.69) is 35.7 Å². The number of anilines is 2. The van der Waals surface area contributed by atoms with Gasteiger partial charge in [-0.25, -0.2) is 0 Å². The first-order valence-electron chi connectivity index (χ1n) is 8.62. The molecule has 1 heterocycles. The molecule has 0 radical (unpaired) electrons. The molecule has 25 heavy (non-hydrogen) atoms. The average molecular weight is 353 g/mol. The molecule has 4 rings (SSSR count). The number of nitrogens with zero attached hydrogens (tertiary/aromatic N) is 1. The second-order valence-corrected chi connectivity index (χ2v) is 7.25. The van der Waals surface area contributed by atoms with Crippen molar-refractivity contribution >= 4 is 28.9 Å². The van der Waals surface area contributed by atoms with Crippen LogP contribution in [0.5, 0.6) is 0 Å². The van der Waals surface area contributed by atoms with Gasteiger partial charge in [0.2, 0.25) is 5.91 Å². The predicted molar refractivity (Wildman–Crippen MR) is 103 cm³/mol. The third-order valence-electron chi connectivity index (χ3n) is 5.45. The Bertz CT molecular complexity index is 861. The van der Waals surface area contributed by atoms with Crippen LogP contribution in [0.25, 0.3) is 0 Å². The van der Waals surface area contributed by atoms with Gasteiger partial charge in [-0.2, -0.15) is 0 Å². The minimum atomic E-state index is 0.0381. The minimum Gasteiger partial charge on any atom is -0.378 e. The molecular formula is C21H21ClN2O.